The lowest BCUT2D eigenvalue weighted by atomic mass is 9.74. The first-order valence-electron chi connectivity index (χ1n) is 13.6. The molecule has 2 aromatic carbocycles. The van der Waals surface area contributed by atoms with Crippen LogP contribution in [0.25, 0.3) is 6.08 Å². The number of fused-ring (bicyclic) bond motifs is 2. The van der Waals surface area contributed by atoms with E-state index in [4.69, 9.17) is 16.3 Å². The van der Waals surface area contributed by atoms with Gasteiger partial charge in [0, 0.05) is 60.3 Å². The number of benzene rings is 2. The Labute approximate surface area is 244 Å². The number of piperidine rings is 1. The van der Waals surface area contributed by atoms with Gasteiger partial charge in [0.2, 0.25) is 5.88 Å². The summed E-state index contributed by atoms with van der Waals surface area (Å²) in [7, 11) is 0. The number of halogens is 1. The molecule has 41 heavy (non-hydrogen) atoms. The van der Waals surface area contributed by atoms with Crippen molar-refractivity contribution in [2.45, 2.75) is 25.2 Å². The highest BCUT2D eigenvalue weighted by Gasteiger charge is 2.46. The summed E-state index contributed by atoms with van der Waals surface area (Å²) < 4.78 is 5.75. The van der Waals surface area contributed by atoms with E-state index in [0.717, 1.165) is 29.9 Å². The highest BCUT2D eigenvalue weighted by atomic mass is 35.5. The van der Waals surface area contributed by atoms with E-state index < -0.39 is 0 Å². The fraction of sp³-hybridized carbons (Fsp3) is 0.212. The summed E-state index contributed by atoms with van der Waals surface area (Å²) >= 11 is 5.89. The van der Waals surface area contributed by atoms with Crippen LogP contribution in [0, 0.1) is 6.92 Å². The molecule has 206 valence electrons. The molecule has 0 unspecified atom stereocenters. The van der Waals surface area contributed by atoms with Crippen molar-refractivity contribution in [3.05, 3.63) is 119 Å². The molecule has 0 saturated carbocycles. The molecule has 0 bridgehead atoms. The minimum atomic E-state index is -0.179. The van der Waals surface area contributed by atoms with Crippen molar-refractivity contribution in [1.82, 2.24) is 14.9 Å². The van der Waals surface area contributed by atoms with Gasteiger partial charge in [-0.15, -0.1) is 0 Å². The number of pyridine rings is 2. The van der Waals surface area contributed by atoms with E-state index >= 15 is 0 Å². The van der Waals surface area contributed by atoms with Crippen molar-refractivity contribution < 1.29 is 14.3 Å². The molecular weight excluding hydrogens is 536 g/mol. The van der Waals surface area contributed by atoms with Crippen molar-refractivity contribution in [3.63, 3.8) is 0 Å². The maximum atomic E-state index is 13.4. The molecule has 2 amide bonds. The molecule has 0 N–H and O–H groups in total. The van der Waals surface area contributed by atoms with Crippen molar-refractivity contribution in [2.24, 2.45) is 0 Å². The highest BCUT2D eigenvalue weighted by Crippen LogP contribution is 2.47. The van der Waals surface area contributed by atoms with Gasteiger partial charge in [-0.1, -0.05) is 35.9 Å². The SMILES string of the molecule is Cc1cccc(/C=C/C(=O)N2CC3(CCN(C(=O)c4ccc(Oc5ccc(Cl)cn5)cc4)CC3)c3ccccc32)n1. The van der Waals surface area contributed by atoms with Crippen LogP contribution in [0.2, 0.25) is 5.02 Å². The zero-order valence-electron chi connectivity index (χ0n) is 22.7. The topological polar surface area (TPSA) is 75.6 Å². The molecule has 4 aromatic rings. The lowest BCUT2D eigenvalue weighted by Gasteiger charge is -2.40. The van der Waals surface area contributed by atoms with Crippen LogP contribution in [0.4, 0.5) is 5.69 Å². The minimum absolute atomic E-state index is 0.0104. The molecule has 0 aliphatic carbocycles. The second-order valence-electron chi connectivity index (χ2n) is 10.5. The number of amides is 2. The van der Waals surface area contributed by atoms with Crippen LogP contribution in [0.5, 0.6) is 11.6 Å². The van der Waals surface area contributed by atoms with Gasteiger partial charge < -0.3 is 14.5 Å². The fourth-order valence-corrected chi connectivity index (χ4v) is 5.80. The molecule has 2 aliphatic heterocycles. The lowest BCUT2D eigenvalue weighted by Crippen LogP contribution is -2.47. The molecule has 2 aromatic heterocycles. The van der Waals surface area contributed by atoms with Crippen LogP contribution in [-0.4, -0.2) is 46.3 Å². The van der Waals surface area contributed by atoms with Gasteiger partial charge in [-0.3, -0.25) is 14.6 Å². The van der Waals surface area contributed by atoms with Crippen molar-refractivity contribution in [1.29, 1.82) is 0 Å². The Morgan fingerprint density at radius 2 is 1.73 bits per heavy atom. The normalized spacial score (nSPS) is 15.8. The first-order chi connectivity index (χ1) is 19.9. The Kier molecular flexibility index (Phi) is 7.28. The number of hydrogen-bond acceptors (Lipinski definition) is 5. The number of rotatable bonds is 5. The lowest BCUT2D eigenvalue weighted by molar-refractivity contribution is -0.114. The largest absolute Gasteiger partial charge is 0.439 e. The third kappa shape index (κ3) is 5.58. The second kappa shape index (κ2) is 11.2. The van der Waals surface area contributed by atoms with Gasteiger partial charge >= 0.3 is 0 Å². The fourth-order valence-electron chi connectivity index (χ4n) is 5.69. The zero-order valence-corrected chi connectivity index (χ0v) is 23.4. The van der Waals surface area contributed by atoms with E-state index in [-0.39, 0.29) is 17.2 Å². The molecule has 0 atom stereocenters. The highest BCUT2D eigenvalue weighted by molar-refractivity contribution is 6.30. The quantitative estimate of drug-likeness (QED) is 0.260. The molecule has 2 aliphatic rings. The number of aryl methyl sites for hydroxylation is 1. The first-order valence-corrected chi connectivity index (χ1v) is 14.0. The van der Waals surface area contributed by atoms with Crippen molar-refractivity contribution in [3.8, 4) is 11.6 Å². The molecular formula is C33H29ClN4O3. The average molecular weight is 565 g/mol. The number of hydrogen-bond donors (Lipinski definition) is 0. The number of carbonyl (C=O) groups excluding carboxylic acids is 2. The van der Waals surface area contributed by atoms with Crippen LogP contribution in [0.15, 0.2) is 91.1 Å². The van der Waals surface area contributed by atoms with E-state index in [9.17, 15) is 9.59 Å². The van der Waals surface area contributed by atoms with Gasteiger partial charge in [0.1, 0.15) is 5.75 Å². The van der Waals surface area contributed by atoms with Crippen LogP contribution in [0.1, 0.15) is 40.2 Å². The standard InChI is InChI=1S/C33H29ClN4O3/c1-23-5-4-6-26(36-23)12-16-31(39)38-22-33(28-7-2-3-8-29(28)38)17-19-37(20-18-33)32(40)24-9-13-27(14-10-24)41-30-15-11-25(34)21-35-30/h2-16,21H,17-20,22H2,1H3/b16-12+. The van der Waals surface area contributed by atoms with Gasteiger partial charge in [-0.25, -0.2) is 4.98 Å². The molecule has 0 radical (unpaired) electrons. The van der Waals surface area contributed by atoms with Gasteiger partial charge in [-0.2, -0.15) is 0 Å². The van der Waals surface area contributed by atoms with E-state index in [1.165, 1.54) is 11.8 Å². The minimum Gasteiger partial charge on any atom is -0.439 e. The van der Waals surface area contributed by atoms with E-state index in [1.807, 2.05) is 53.1 Å². The Hall–Kier alpha value is -4.49. The monoisotopic (exact) mass is 564 g/mol. The van der Waals surface area contributed by atoms with E-state index in [0.29, 0.717) is 41.8 Å². The van der Waals surface area contributed by atoms with E-state index in [1.54, 1.807) is 48.6 Å². The van der Waals surface area contributed by atoms with Gasteiger partial charge in [0.25, 0.3) is 11.8 Å². The number of nitrogens with zero attached hydrogens (tertiary/aromatic N) is 4. The second-order valence-corrected chi connectivity index (χ2v) is 10.9. The summed E-state index contributed by atoms with van der Waals surface area (Å²) in [5.74, 6) is 0.950. The molecule has 1 saturated heterocycles. The third-order valence-corrected chi connectivity index (χ3v) is 8.05. The zero-order chi connectivity index (χ0) is 28.4. The summed E-state index contributed by atoms with van der Waals surface area (Å²) in [6.45, 7) is 3.76. The summed E-state index contributed by atoms with van der Waals surface area (Å²) in [6, 6.07) is 24.4. The number of carbonyl (C=O) groups is 2. The molecule has 1 spiro atoms. The van der Waals surface area contributed by atoms with Crippen LogP contribution < -0.4 is 9.64 Å². The maximum Gasteiger partial charge on any atom is 0.253 e. The number of para-hydroxylation sites is 1. The summed E-state index contributed by atoms with van der Waals surface area (Å²) in [6.07, 6.45) is 6.47. The number of aromatic nitrogens is 2. The predicted octanol–water partition coefficient (Wildman–Crippen LogP) is 6.46. The summed E-state index contributed by atoms with van der Waals surface area (Å²) in [5, 5.41) is 0.537. The van der Waals surface area contributed by atoms with Crippen molar-refractivity contribution >= 4 is 35.2 Å². The van der Waals surface area contributed by atoms with Crippen LogP contribution in [0.3, 0.4) is 0 Å². The smallest absolute Gasteiger partial charge is 0.253 e. The summed E-state index contributed by atoms with van der Waals surface area (Å²) in [5.41, 5.74) is 4.22. The summed E-state index contributed by atoms with van der Waals surface area (Å²) in [4.78, 5) is 39.1. The average Bonchev–Trinajstić information content (AvgIpc) is 3.31. The molecule has 1 fully saturated rings. The van der Waals surface area contributed by atoms with Gasteiger partial charge in [0.15, 0.2) is 0 Å². The third-order valence-electron chi connectivity index (χ3n) is 7.83. The molecule has 6 rings (SSSR count). The van der Waals surface area contributed by atoms with Crippen LogP contribution in [-0.2, 0) is 10.2 Å². The molecule has 8 heteroatoms. The van der Waals surface area contributed by atoms with Gasteiger partial charge in [-0.05, 0) is 79.9 Å². The van der Waals surface area contributed by atoms with Crippen molar-refractivity contribution in [2.75, 3.05) is 24.5 Å². The first kappa shape index (κ1) is 26.7. The van der Waals surface area contributed by atoms with Gasteiger partial charge in [0.05, 0.1) is 10.7 Å². The Morgan fingerprint density at radius 1 is 0.951 bits per heavy atom. The molecule has 4 heterocycles. The Bertz CT molecular complexity index is 1610. The number of anilines is 1. The van der Waals surface area contributed by atoms with E-state index in [2.05, 4.69) is 16.0 Å². The molecule has 7 nitrogen and oxygen atoms in total. The Morgan fingerprint density at radius 3 is 2.46 bits per heavy atom. The maximum absolute atomic E-state index is 13.4. The van der Waals surface area contributed by atoms with Crippen LogP contribution >= 0.6 is 11.6 Å². The predicted molar refractivity (Wildman–Crippen MR) is 159 cm³/mol. The number of likely N-dealkylation sites (tertiary alicyclic amines) is 1. The number of ether oxygens (including phenoxy) is 1. The Balaban J connectivity index is 1.12.